The average molecular weight is 278 g/mol. The Kier molecular flexibility index (Phi) is 5.17. The SMILES string of the molecule is CCNc1nc(CC)nc(N(CCOC)C2CC2)c1C. The lowest BCUT2D eigenvalue weighted by Crippen LogP contribution is -2.31. The lowest BCUT2D eigenvalue weighted by molar-refractivity contribution is 0.204. The van der Waals surface area contributed by atoms with E-state index >= 15 is 0 Å². The molecule has 0 bridgehead atoms. The molecule has 0 amide bonds. The maximum Gasteiger partial charge on any atom is 0.137 e. The molecule has 0 aromatic carbocycles. The van der Waals surface area contributed by atoms with E-state index in [9.17, 15) is 0 Å². The molecule has 1 aliphatic rings. The number of hydrogen-bond acceptors (Lipinski definition) is 5. The van der Waals surface area contributed by atoms with Crippen LogP contribution < -0.4 is 10.2 Å². The number of anilines is 2. The van der Waals surface area contributed by atoms with Gasteiger partial charge in [0.2, 0.25) is 0 Å². The molecule has 5 heteroatoms. The minimum absolute atomic E-state index is 0.623. The van der Waals surface area contributed by atoms with E-state index in [0.29, 0.717) is 6.04 Å². The summed E-state index contributed by atoms with van der Waals surface area (Å²) in [6.07, 6.45) is 3.37. The molecule has 1 aromatic heterocycles. The summed E-state index contributed by atoms with van der Waals surface area (Å²) in [6.45, 7) is 8.81. The third-order valence-electron chi connectivity index (χ3n) is 3.62. The van der Waals surface area contributed by atoms with Crippen LogP contribution in [0.25, 0.3) is 0 Å². The van der Waals surface area contributed by atoms with Crippen LogP contribution in [0.15, 0.2) is 0 Å². The molecule has 1 heterocycles. The number of rotatable bonds is 8. The Hall–Kier alpha value is -1.36. The molecule has 1 N–H and O–H groups in total. The van der Waals surface area contributed by atoms with Crippen molar-refractivity contribution < 1.29 is 4.74 Å². The zero-order chi connectivity index (χ0) is 14.5. The normalized spacial score (nSPS) is 14.4. The monoisotopic (exact) mass is 278 g/mol. The van der Waals surface area contributed by atoms with E-state index in [4.69, 9.17) is 9.72 Å². The molecule has 5 nitrogen and oxygen atoms in total. The molecular formula is C15H26N4O. The highest BCUT2D eigenvalue weighted by Crippen LogP contribution is 2.33. The maximum absolute atomic E-state index is 5.25. The van der Waals surface area contributed by atoms with E-state index in [0.717, 1.165) is 49.1 Å². The first-order valence-electron chi connectivity index (χ1n) is 7.58. The Balaban J connectivity index is 2.33. The van der Waals surface area contributed by atoms with Gasteiger partial charge in [-0.1, -0.05) is 6.92 Å². The number of methoxy groups -OCH3 is 1. The Labute approximate surface area is 121 Å². The fraction of sp³-hybridized carbons (Fsp3) is 0.733. The van der Waals surface area contributed by atoms with Crippen LogP contribution in [0.5, 0.6) is 0 Å². The highest BCUT2D eigenvalue weighted by atomic mass is 16.5. The average Bonchev–Trinajstić information content (AvgIpc) is 3.27. The number of aromatic nitrogens is 2. The van der Waals surface area contributed by atoms with Gasteiger partial charge in [-0.2, -0.15) is 0 Å². The highest BCUT2D eigenvalue weighted by molar-refractivity contribution is 5.59. The van der Waals surface area contributed by atoms with Crippen molar-refractivity contribution in [3.8, 4) is 0 Å². The molecular weight excluding hydrogens is 252 g/mol. The molecule has 0 unspecified atom stereocenters. The van der Waals surface area contributed by atoms with E-state index in [1.165, 1.54) is 12.8 Å². The van der Waals surface area contributed by atoms with Gasteiger partial charge in [-0.25, -0.2) is 9.97 Å². The molecule has 0 spiro atoms. The van der Waals surface area contributed by atoms with Crippen LogP contribution in [0.1, 0.15) is 38.1 Å². The van der Waals surface area contributed by atoms with E-state index in [2.05, 4.69) is 36.0 Å². The van der Waals surface area contributed by atoms with Gasteiger partial charge in [-0.15, -0.1) is 0 Å². The zero-order valence-electron chi connectivity index (χ0n) is 13.1. The Morgan fingerprint density at radius 1 is 1.30 bits per heavy atom. The summed E-state index contributed by atoms with van der Waals surface area (Å²) < 4.78 is 5.25. The summed E-state index contributed by atoms with van der Waals surface area (Å²) in [7, 11) is 1.75. The quantitative estimate of drug-likeness (QED) is 0.791. The summed E-state index contributed by atoms with van der Waals surface area (Å²) in [5, 5.41) is 3.35. The fourth-order valence-corrected chi connectivity index (χ4v) is 2.36. The van der Waals surface area contributed by atoms with E-state index in [-0.39, 0.29) is 0 Å². The van der Waals surface area contributed by atoms with Gasteiger partial charge in [0.1, 0.15) is 17.5 Å². The van der Waals surface area contributed by atoms with Gasteiger partial charge in [0.15, 0.2) is 0 Å². The summed E-state index contributed by atoms with van der Waals surface area (Å²) in [5.74, 6) is 2.95. The van der Waals surface area contributed by atoms with Crippen molar-refractivity contribution in [2.45, 2.75) is 46.1 Å². The molecule has 1 aromatic rings. The van der Waals surface area contributed by atoms with Crippen molar-refractivity contribution in [3.05, 3.63) is 11.4 Å². The molecule has 1 fully saturated rings. The summed E-state index contributed by atoms with van der Waals surface area (Å²) >= 11 is 0. The lowest BCUT2D eigenvalue weighted by atomic mass is 10.2. The first-order valence-corrected chi connectivity index (χ1v) is 7.58. The molecule has 1 saturated carbocycles. The van der Waals surface area contributed by atoms with Crippen LogP contribution in [0.2, 0.25) is 0 Å². The standard InChI is InChI=1S/C15H26N4O/c1-5-13-17-14(16-6-2)11(3)15(18-13)19(9-10-20-4)12-7-8-12/h12H,5-10H2,1-4H3,(H,16,17,18). The molecule has 0 radical (unpaired) electrons. The second-order valence-corrected chi connectivity index (χ2v) is 5.24. The van der Waals surface area contributed by atoms with Gasteiger partial charge in [-0.3, -0.25) is 0 Å². The topological polar surface area (TPSA) is 50.3 Å². The predicted molar refractivity (Wildman–Crippen MR) is 82.6 cm³/mol. The third kappa shape index (κ3) is 3.39. The van der Waals surface area contributed by atoms with Gasteiger partial charge in [0.25, 0.3) is 0 Å². The van der Waals surface area contributed by atoms with Crippen LogP contribution >= 0.6 is 0 Å². The first-order chi connectivity index (χ1) is 9.71. The predicted octanol–water partition coefficient (Wildman–Crippen LogP) is 2.39. The highest BCUT2D eigenvalue weighted by Gasteiger charge is 2.31. The fourth-order valence-electron chi connectivity index (χ4n) is 2.36. The minimum Gasteiger partial charge on any atom is -0.383 e. The van der Waals surface area contributed by atoms with Crippen molar-refractivity contribution in [1.82, 2.24) is 9.97 Å². The summed E-state index contributed by atoms with van der Waals surface area (Å²) in [4.78, 5) is 11.8. The second kappa shape index (κ2) is 6.88. The van der Waals surface area contributed by atoms with Crippen molar-refractivity contribution in [1.29, 1.82) is 0 Å². The van der Waals surface area contributed by atoms with Crippen molar-refractivity contribution in [2.75, 3.05) is 37.0 Å². The third-order valence-corrected chi connectivity index (χ3v) is 3.62. The number of nitrogens with one attached hydrogen (secondary N) is 1. The van der Waals surface area contributed by atoms with Gasteiger partial charge in [-0.05, 0) is 26.7 Å². The van der Waals surface area contributed by atoms with E-state index in [1.54, 1.807) is 7.11 Å². The van der Waals surface area contributed by atoms with Crippen LogP contribution in [-0.2, 0) is 11.2 Å². The van der Waals surface area contributed by atoms with Gasteiger partial charge in [0, 0.05) is 38.2 Å². The van der Waals surface area contributed by atoms with Gasteiger partial charge >= 0.3 is 0 Å². The molecule has 112 valence electrons. The number of aryl methyl sites for hydroxylation is 1. The van der Waals surface area contributed by atoms with Crippen LogP contribution in [-0.4, -0.2) is 42.8 Å². The number of ether oxygens (including phenoxy) is 1. The van der Waals surface area contributed by atoms with Gasteiger partial charge < -0.3 is 15.0 Å². The van der Waals surface area contributed by atoms with Crippen LogP contribution in [0, 0.1) is 6.92 Å². The summed E-state index contributed by atoms with van der Waals surface area (Å²) in [6, 6.07) is 0.623. The van der Waals surface area contributed by atoms with Crippen LogP contribution in [0.3, 0.4) is 0 Å². The van der Waals surface area contributed by atoms with Crippen molar-refractivity contribution in [2.24, 2.45) is 0 Å². The molecule has 1 aliphatic carbocycles. The second-order valence-electron chi connectivity index (χ2n) is 5.24. The first kappa shape index (κ1) is 15.0. The molecule has 2 rings (SSSR count). The number of nitrogens with zero attached hydrogens (tertiary/aromatic N) is 3. The Morgan fingerprint density at radius 3 is 2.60 bits per heavy atom. The smallest absolute Gasteiger partial charge is 0.137 e. The largest absolute Gasteiger partial charge is 0.383 e. The van der Waals surface area contributed by atoms with Gasteiger partial charge in [0.05, 0.1) is 6.61 Å². The minimum atomic E-state index is 0.623. The lowest BCUT2D eigenvalue weighted by Gasteiger charge is -2.26. The molecule has 20 heavy (non-hydrogen) atoms. The molecule has 0 aliphatic heterocycles. The van der Waals surface area contributed by atoms with Crippen molar-refractivity contribution >= 4 is 11.6 Å². The zero-order valence-corrected chi connectivity index (χ0v) is 13.1. The Morgan fingerprint density at radius 2 is 2.05 bits per heavy atom. The summed E-state index contributed by atoms with van der Waals surface area (Å²) in [5.41, 5.74) is 1.15. The Bertz CT molecular complexity index is 446. The number of hydrogen-bond donors (Lipinski definition) is 1. The molecule has 0 saturated heterocycles. The maximum atomic E-state index is 5.25. The van der Waals surface area contributed by atoms with E-state index < -0.39 is 0 Å². The van der Waals surface area contributed by atoms with E-state index in [1.807, 2.05) is 0 Å². The van der Waals surface area contributed by atoms with Crippen LogP contribution in [0.4, 0.5) is 11.6 Å². The van der Waals surface area contributed by atoms with Crippen molar-refractivity contribution in [3.63, 3.8) is 0 Å². The molecule has 0 atom stereocenters.